The van der Waals surface area contributed by atoms with Crippen molar-refractivity contribution in [2.24, 2.45) is 0 Å². The van der Waals surface area contributed by atoms with Crippen molar-refractivity contribution >= 4 is 45.9 Å². The highest BCUT2D eigenvalue weighted by atomic mass is 35.5. The van der Waals surface area contributed by atoms with Crippen LogP contribution in [0.25, 0.3) is 10.9 Å². The van der Waals surface area contributed by atoms with Gasteiger partial charge < -0.3 is 14.8 Å². The van der Waals surface area contributed by atoms with Gasteiger partial charge in [-0.1, -0.05) is 35.5 Å². The lowest BCUT2D eigenvalue weighted by molar-refractivity contribution is -0.113. The van der Waals surface area contributed by atoms with Crippen molar-refractivity contribution in [1.29, 1.82) is 0 Å². The van der Waals surface area contributed by atoms with Crippen molar-refractivity contribution in [3.8, 4) is 11.5 Å². The molecule has 0 spiro atoms. The highest BCUT2D eigenvalue weighted by Gasteiger charge is 2.28. The van der Waals surface area contributed by atoms with Gasteiger partial charge >= 0.3 is 0 Å². The van der Waals surface area contributed by atoms with Gasteiger partial charge in [0, 0.05) is 24.6 Å². The lowest BCUT2D eigenvalue weighted by Gasteiger charge is -2.14. The molecule has 160 valence electrons. The third-order valence-corrected chi connectivity index (χ3v) is 6.40. The Morgan fingerprint density at radius 3 is 2.71 bits per heavy atom. The molecule has 1 fully saturated rings. The van der Waals surface area contributed by atoms with Gasteiger partial charge in [0.05, 0.1) is 40.6 Å². The van der Waals surface area contributed by atoms with Gasteiger partial charge in [-0.3, -0.25) is 14.2 Å². The Bertz CT molecular complexity index is 1230. The molecule has 1 aromatic heterocycles. The van der Waals surface area contributed by atoms with E-state index >= 15 is 0 Å². The molecule has 0 saturated heterocycles. The van der Waals surface area contributed by atoms with Crippen LogP contribution in [0.3, 0.4) is 0 Å². The van der Waals surface area contributed by atoms with Gasteiger partial charge in [-0.2, -0.15) is 0 Å². The van der Waals surface area contributed by atoms with E-state index in [4.69, 9.17) is 21.1 Å². The number of carbonyl (C=O) groups is 1. The van der Waals surface area contributed by atoms with Crippen molar-refractivity contribution in [3.63, 3.8) is 0 Å². The molecule has 7 nitrogen and oxygen atoms in total. The Balaban J connectivity index is 1.34. The number of amides is 1. The normalized spacial score (nSPS) is 15.5. The molecule has 1 aliphatic heterocycles. The molecule has 0 radical (unpaired) electrons. The van der Waals surface area contributed by atoms with Crippen molar-refractivity contribution in [2.75, 3.05) is 24.3 Å². The van der Waals surface area contributed by atoms with Crippen LogP contribution in [0.2, 0.25) is 5.02 Å². The molecule has 1 saturated carbocycles. The quantitative estimate of drug-likeness (QED) is 0.455. The van der Waals surface area contributed by atoms with Gasteiger partial charge in [0.2, 0.25) is 5.91 Å². The number of rotatable bonds is 5. The van der Waals surface area contributed by atoms with Gasteiger partial charge in [-0.05, 0) is 25.0 Å². The number of nitrogens with one attached hydrogen (secondary N) is 1. The van der Waals surface area contributed by atoms with Gasteiger partial charge in [0.25, 0.3) is 5.56 Å². The molecule has 1 amide bonds. The number of para-hydroxylation sites is 1. The van der Waals surface area contributed by atoms with Crippen LogP contribution in [0.1, 0.15) is 25.3 Å². The summed E-state index contributed by atoms with van der Waals surface area (Å²) in [7, 11) is 0. The SMILES string of the molecule is O=C(CSc1nc2ccccc2c(=O)n1C1CC1)Nc1cc2c(cc1Cl)OCCCO2. The fourth-order valence-electron chi connectivity index (χ4n) is 3.48. The van der Waals surface area contributed by atoms with Crippen LogP contribution >= 0.6 is 23.4 Å². The summed E-state index contributed by atoms with van der Waals surface area (Å²) in [6.07, 6.45) is 2.69. The predicted octanol–water partition coefficient (Wildman–Crippen LogP) is 4.28. The second-order valence-corrected chi connectivity index (χ2v) is 8.83. The molecule has 9 heteroatoms. The second kappa shape index (κ2) is 8.43. The maximum atomic E-state index is 12.9. The van der Waals surface area contributed by atoms with E-state index in [1.807, 2.05) is 18.2 Å². The van der Waals surface area contributed by atoms with E-state index < -0.39 is 0 Å². The average Bonchev–Trinajstić information content (AvgIpc) is 3.61. The van der Waals surface area contributed by atoms with Crippen molar-refractivity contribution in [2.45, 2.75) is 30.5 Å². The molecule has 5 rings (SSSR count). The van der Waals surface area contributed by atoms with Crippen LogP contribution in [0, 0.1) is 0 Å². The maximum Gasteiger partial charge on any atom is 0.262 e. The molecule has 0 unspecified atom stereocenters. The second-order valence-electron chi connectivity index (χ2n) is 7.48. The third-order valence-electron chi connectivity index (χ3n) is 5.13. The number of nitrogens with zero attached hydrogens (tertiary/aromatic N) is 2. The number of halogens is 1. The average molecular weight is 458 g/mol. The Labute approximate surface area is 187 Å². The molecule has 0 atom stereocenters. The lowest BCUT2D eigenvalue weighted by Crippen LogP contribution is -2.23. The molecule has 2 aliphatic rings. The number of anilines is 1. The number of fused-ring (bicyclic) bond motifs is 2. The summed E-state index contributed by atoms with van der Waals surface area (Å²) in [6, 6.07) is 10.8. The summed E-state index contributed by atoms with van der Waals surface area (Å²) in [4.78, 5) is 30.2. The van der Waals surface area contributed by atoms with E-state index in [1.54, 1.807) is 22.8 Å². The summed E-state index contributed by atoms with van der Waals surface area (Å²) in [6.45, 7) is 1.11. The molecule has 1 aliphatic carbocycles. The highest BCUT2D eigenvalue weighted by molar-refractivity contribution is 7.99. The van der Waals surface area contributed by atoms with Gasteiger partial charge in [-0.15, -0.1) is 0 Å². The summed E-state index contributed by atoms with van der Waals surface area (Å²) < 4.78 is 13.0. The minimum Gasteiger partial charge on any atom is -0.490 e. The number of carbonyl (C=O) groups excluding carboxylic acids is 1. The van der Waals surface area contributed by atoms with Crippen molar-refractivity contribution in [1.82, 2.24) is 9.55 Å². The van der Waals surface area contributed by atoms with Crippen molar-refractivity contribution in [3.05, 3.63) is 51.8 Å². The summed E-state index contributed by atoms with van der Waals surface area (Å²) in [5, 5.41) is 4.36. The lowest BCUT2D eigenvalue weighted by atomic mass is 10.2. The zero-order valence-electron chi connectivity index (χ0n) is 16.6. The minimum absolute atomic E-state index is 0.0537. The molecule has 31 heavy (non-hydrogen) atoms. The Hall–Kier alpha value is -2.71. The third kappa shape index (κ3) is 4.22. The predicted molar refractivity (Wildman–Crippen MR) is 121 cm³/mol. The minimum atomic E-state index is -0.244. The number of thioether (sulfide) groups is 1. The first kappa shape index (κ1) is 20.2. The van der Waals surface area contributed by atoms with Crippen LogP contribution in [0.15, 0.2) is 46.3 Å². The van der Waals surface area contributed by atoms with Crippen molar-refractivity contribution < 1.29 is 14.3 Å². The molecule has 1 N–H and O–H groups in total. The van der Waals surface area contributed by atoms with Crippen LogP contribution in [0.5, 0.6) is 11.5 Å². The Kier molecular flexibility index (Phi) is 5.50. The number of ether oxygens (including phenoxy) is 2. The molecular formula is C22H20ClN3O4S. The summed E-state index contributed by atoms with van der Waals surface area (Å²) in [5.41, 5.74) is 1.04. The van der Waals surface area contributed by atoms with Crippen LogP contribution < -0.4 is 20.3 Å². The molecule has 3 aromatic rings. The summed E-state index contributed by atoms with van der Waals surface area (Å²) in [5.74, 6) is 0.987. The number of aromatic nitrogens is 2. The largest absolute Gasteiger partial charge is 0.490 e. The van der Waals surface area contributed by atoms with E-state index in [-0.39, 0.29) is 23.3 Å². The van der Waals surface area contributed by atoms with E-state index in [1.165, 1.54) is 11.8 Å². The van der Waals surface area contributed by atoms with E-state index in [9.17, 15) is 9.59 Å². The molecule has 2 aromatic carbocycles. The highest BCUT2D eigenvalue weighted by Crippen LogP contribution is 2.38. The zero-order valence-corrected chi connectivity index (χ0v) is 18.2. The monoisotopic (exact) mass is 457 g/mol. The smallest absolute Gasteiger partial charge is 0.262 e. The molecule has 2 heterocycles. The number of hydrogen-bond donors (Lipinski definition) is 1. The fraction of sp³-hybridized carbons (Fsp3) is 0.318. The standard InChI is InChI=1S/C22H20ClN3O4S/c23-15-10-18-19(30-9-3-8-29-18)11-17(15)24-20(27)12-31-22-25-16-5-2-1-4-14(16)21(28)26(22)13-6-7-13/h1-2,4-5,10-11,13H,3,6-9,12H2,(H,24,27). The van der Waals surface area contributed by atoms with E-state index in [0.29, 0.717) is 51.5 Å². The van der Waals surface area contributed by atoms with Gasteiger partial charge in [-0.25, -0.2) is 4.98 Å². The van der Waals surface area contributed by atoms with E-state index in [0.717, 1.165) is 19.3 Å². The van der Waals surface area contributed by atoms with Crippen LogP contribution in [0.4, 0.5) is 5.69 Å². The summed E-state index contributed by atoms with van der Waals surface area (Å²) >= 11 is 7.57. The number of hydrogen-bond acceptors (Lipinski definition) is 6. The van der Waals surface area contributed by atoms with Crippen LogP contribution in [-0.4, -0.2) is 34.4 Å². The first-order chi connectivity index (χ1) is 15.1. The van der Waals surface area contributed by atoms with E-state index in [2.05, 4.69) is 10.3 Å². The zero-order chi connectivity index (χ0) is 21.4. The topological polar surface area (TPSA) is 82.5 Å². The molecular weight excluding hydrogens is 438 g/mol. The number of benzene rings is 2. The van der Waals surface area contributed by atoms with Crippen LogP contribution in [-0.2, 0) is 4.79 Å². The Morgan fingerprint density at radius 1 is 1.19 bits per heavy atom. The first-order valence-electron chi connectivity index (χ1n) is 10.1. The fourth-order valence-corrected chi connectivity index (χ4v) is 4.55. The van der Waals surface area contributed by atoms with Gasteiger partial charge in [0.15, 0.2) is 16.7 Å². The van der Waals surface area contributed by atoms with Gasteiger partial charge in [0.1, 0.15) is 0 Å². The molecule has 0 bridgehead atoms. The Morgan fingerprint density at radius 2 is 1.94 bits per heavy atom. The first-order valence-corrected chi connectivity index (χ1v) is 11.5. The maximum absolute atomic E-state index is 12.9.